The van der Waals surface area contributed by atoms with Crippen LogP contribution in [0.3, 0.4) is 0 Å². The molecule has 0 radical (unpaired) electrons. The zero-order chi connectivity index (χ0) is 12.9. The quantitative estimate of drug-likeness (QED) is 0.621. The van der Waals surface area contributed by atoms with Gasteiger partial charge in [-0.25, -0.2) is 4.79 Å². The summed E-state index contributed by atoms with van der Waals surface area (Å²) in [5.74, 6) is 0.802. The first-order valence-corrected chi connectivity index (χ1v) is 4.99. The van der Waals surface area contributed by atoms with Crippen molar-refractivity contribution in [2.75, 3.05) is 0 Å². The van der Waals surface area contributed by atoms with Crippen molar-refractivity contribution < 1.29 is 14.7 Å². The molecule has 0 fully saturated rings. The summed E-state index contributed by atoms with van der Waals surface area (Å²) >= 11 is 0. The molecule has 5 heteroatoms. The maximum atomic E-state index is 11.4. The Balaban J connectivity index is 4.27. The average Bonchev–Trinajstić information content (AvgIpc) is 2.15. The summed E-state index contributed by atoms with van der Waals surface area (Å²) in [6.07, 6.45) is 5.21. The van der Waals surface area contributed by atoms with Crippen molar-refractivity contribution in [3.63, 3.8) is 0 Å². The van der Waals surface area contributed by atoms with Crippen LogP contribution in [0.15, 0.2) is 0 Å². The molecule has 2 amide bonds. The van der Waals surface area contributed by atoms with Gasteiger partial charge in [0, 0.05) is 6.04 Å². The van der Waals surface area contributed by atoms with Crippen LogP contribution in [0.4, 0.5) is 4.79 Å². The number of urea groups is 1. The van der Waals surface area contributed by atoms with Crippen LogP contribution in [0, 0.1) is 18.3 Å². The molecule has 0 aliphatic carbocycles. The predicted molar refractivity (Wildman–Crippen MR) is 60.8 cm³/mol. The third kappa shape index (κ3) is 4.69. The Kier molecular flexibility index (Phi) is 4.83. The fourth-order valence-electron chi connectivity index (χ4n) is 0.902. The topological polar surface area (TPSA) is 78.4 Å². The summed E-state index contributed by atoms with van der Waals surface area (Å²) in [5.41, 5.74) is -0.754. The average molecular weight is 226 g/mol. The first kappa shape index (κ1) is 14.3. The highest BCUT2D eigenvalue weighted by atomic mass is 16.4. The molecule has 0 aromatic heterocycles. The number of carboxylic acid groups (broad SMARTS) is 1. The van der Waals surface area contributed by atoms with Gasteiger partial charge in [-0.3, -0.25) is 4.79 Å². The van der Waals surface area contributed by atoms with Crippen LogP contribution in [0.5, 0.6) is 0 Å². The molecular formula is C11H18N2O3. The van der Waals surface area contributed by atoms with E-state index in [1.165, 1.54) is 6.92 Å². The molecule has 90 valence electrons. The Morgan fingerprint density at radius 2 is 1.88 bits per heavy atom. The Labute approximate surface area is 95.6 Å². The number of nitrogens with one attached hydrogen (secondary N) is 2. The van der Waals surface area contributed by atoms with E-state index in [2.05, 4.69) is 16.6 Å². The van der Waals surface area contributed by atoms with Crippen molar-refractivity contribution in [2.45, 2.75) is 39.3 Å². The van der Waals surface area contributed by atoms with E-state index < -0.39 is 29.5 Å². The van der Waals surface area contributed by atoms with Gasteiger partial charge in [-0.05, 0) is 27.7 Å². The monoisotopic (exact) mass is 226 g/mol. The molecule has 2 unspecified atom stereocenters. The molecule has 0 saturated heterocycles. The van der Waals surface area contributed by atoms with Gasteiger partial charge in [-0.15, -0.1) is 6.42 Å². The molecule has 0 spiro atoms. The second-order valence-electron chi connectivity index (χ2n) is 4.28. The predicted octanol–water partition coefficient (Wildman–Crippen LogP) is 0.807. The first-order valence-electron chi connectivity index (χ1n) is 4.99. The lowest BCUT2D eigenvalue weighted by molar-refractivity contribution is -0.141. The summed E-state index contributed by atoms with van der Waals surface area (Å²) in [6.45, 7) is 6.51. The van der Waals surface area contributed by atoms with Crippen LogP contribution in [0.25, 0.3) is 0 Å². The molecule has 0 bridgehead atoms. The van der Waals surface area contributed by atoms with E-state index in [0.717, 1.165) is 0 Å². The first-order chi connectivity index (χ1) is 7.19. The standard InChI is InChI=1S/C11H18N2O3/c1-6-11(4,5)13-10(16)12-8(3)7(2)9(14)15/h1,7-8H,2-5H3,(H,14,15)(H2,12,13,16). The number of amides is 2. The molecule has 2 atom stereocenters. The summed E-state index contributed by atoms with van der Waals surface area (Å²) < 4.78 is 0. The number of rotatable bonds is 4. The lowest BCUT2D eigenvalue weighted by atomic mass is 10.0. The summed E-state index contributed by atoms with van der Waals surface area (Å²) in [7, 11) is 0. The van der Waals surface area contributed by atoms with E-state index in [0.29, 0.717) is 0 Å². The lowest BCUT2D eigenvalue weighted by Crippen LogP contribution is -2.51. The number of aliphatic carboxylic acids is 1. The second-order valence-corrected chi connectivity index (χ2v) is 4.28. The van der Waals surface area contributed by atoms with Crippen molar-refractivity contribution in [3.8, 4) is 12.3 Å². The lowest BCUT2D eigenvalue weighted by Gasteiger charge is -2.23. The molecule has 0 aromatic carbocycles. The Hall–Kier alpha value is -1.70. The van der Waals surface area contributed by atoms with Crippen molar-refractivity contribution in [2.24, 2.45) is 5.92 Å². The molecule has 0 aliphatic heterocycles. The SMILES string of the molecule is C#CC(C)(C)NC(=O)NC(C)C(C)C(=O)O. The molecule has 0 saturated carbocycles. The number of hydrogen-bond donors (Lipinski definition) is 3. The molecule has 16 heavy (non-hydrogen) atoms. The Morgan fingerprint density at radius 3 is 2.25 bits per heavy atom. The molecule has 5 nitrogen and oxygen atoms in total. The highest BCUT2D eigenvalue weighted by molar-refractivity contribution is 5.77. The number of carbonyl (C=O) groups is 2. The van der Waals surface area contributed by atoms with Crippen molar-refractivity contribution in [1.29, 1.82) is 0 Å². The summed E-state index contributed by atoms with van der Waals surface area (Å²) in [4.78, 5) is 22.1. The van der Waals surface area contributed by atoms with E-state index in [9.17, 15) is 9.59 Å². The molecule has 0 heterocycles. The normalized spacial score (nSPS) is 14.4. The third-order valence-corrected chi connectivity index (χ3v) is 2.29. The molecule has 3 N–H and O–H groups in total. The molecule has 0 aliphatic rings. The van der Waals surface area contributed by atoms with Gasteiger partial charge in [-0.1, -0.05) is 5.92 Å². The zero-order valence-electron chi connectivity index (χ0n) is 10.00. The number of hydrogen-bond acceptors (Lipinski definition) is 2. The highest BCUT2D eigenvalue weighted by Crippen LogP contribution is 2.03. The van der Waals surface area contributed by atoms with Crippen molar-refractivity contribution in [3.05, 3.63) is 0 Å². The largest absolute Gasteiger partial charge is 0.481 e. The van der Waals surface area contributed by atoms with Gasteiger partial charge in [0.2, 0.25) is 0 Å². The number of terminal acetylenes is 1. The van der Waals surface area contributed by atoms with Crippen molar-refractivity contribution in [1.82, 2.24) is 10.6 Å². The van der Waals surface area contributed by atoms with Gasteiger partial charge >= 0.3 is 12.0 Å². The Bertz CT molecular complexity index is 318. The molecule has 0 rings (SSSR count). The van der Waals surface area contributed by atoms with Crippen LogP contribution in [-0.4, -0.2) is 28.7 Å². The third-order valence-electron chi connectivity index (χ3n) is 2.29. The van der Waals surface area contributed by atoms with E-state index >= 15 is 0 Å². The fourth-order valence-corrected chi connectivity index (χ4v) is 0.902. The smallest absolute Gasteiger partial charge is 0.316 e. The maximum Gasteiger partial charge on any atom is 0.316 e. The van der Waals surface area contributed by atoms with Gasteiger partial charge in [-0.2, -0.15) is 0 Å². The second kappa shape index (κ2) is 5.40. The number of carboxylic acids is 1. The zero-order valence-corrected chi connectivity index (χ0v) is 10.00. The van der Waals surface area contributed by atoms with Gasteiger partial charge in [0.15, 0.2) is 0 Å². The minimum absolute atomic E-state index is 0.467. The van der Waals surface area contributed by atoms with E-state index in [4.69, 9.17) is 11.5 Å². The summed E-state index contributed by atoms with van der Waals surface area (Å²) in [6, 6.07) is -0.936. The van der Waals surface area contributed by atoms with Crippen LogP contribution < -0.4 is 10.6 Å². The minimum atomic E-state index is -0.955. The summed E-state index contributed by atoms with van der Waals surface area (Å²) in [5, 5.41) is 13.8. The van der Waals surface area contributed by atoms with Crippen molar-refractivity contribution >= 4 is 12.0 Å². The van der Waals surface area contributed by atoms with Gasteiger partial charge in [0.25, 0.3) is 0 Å². The van der Waals surface area contributed by atoms with E-state index in [1.54, 1.807) is 20.8 Å². The van der Waals surface area contributed by atoms with Gasteiger partial charge in [0.1, 0.15) is 0 Å². The Morgan fingerprint density at radius 1 is 1.38 bits per heavy atom. The van der Waals surface area contributed by atoms with Gasteiger partial charge < -0.3 is 15.7 Å². The van der Waals surface area contributed by atoms with Crippen LogP contribution in [0.2, 0.25) is 0 Å². The van der Waals surface area contributed by atoms with E-state index in [1.807, 2.05) is 0 Å². The fraction of sp³-hybridized carbons (Fsp3) is 0.636. The van der Waals surface area contributed by atoms with Crippen LogP contribution in [-0.2, 0) is 4.79 Å². The minimum Gasteiger partial charge on any atom is -0.481 e. The highest BCUT2D eigenvalue weighted by Gasteiger charge is 2.23. The van der Waals surface area contributed by atoms with Gasteiger partial charge in [0.05, 0.1) is 11.5 Å². The number of carbonyl (C=O) groups excluding carboxylic acids is 1. The van der Waals surface area contributed by atoms with E-state index in [-0.39, 0.29) is 0 Å². The molecule has 0 aromatic rings. The maximum absolute atomic E-state index is 11.4. The van der Waals surface area contributed by atoms with Crippen LogP contribution >= 0.6 is 0 Å². The van der Waals surface area contributed by atoms with Crippen LogP contribution in [0.1, 0.15) is 27.7 Å². The molecular weight excluding hydrogens is 208 g/mol.